The summed E-state index contributed by atoms with van der Waals surface area (Å²) in [6.07, 6.45) is 0. The van der Waals surface area contributed by atoms with Crippen LogP contribution in [0, 0.1) is 0 Å². The molecule has 3 aromatic heterocycles. The molecule has 12 aromatic rings. The molecule has 12 rings (SSSR count). The first-order chi connectivity index (χ1) is 30.7. The molecule has 0 aliphatic carbocycles. The van der Waals surface area contributed by atoms with E-state index in [0.29, 0.717) is 17.5 Å². The Hall–Kier alpha value is -7.57. The Bertz CT molecular complexity index is 3600. The highest BCUT2D eigenvalue weighted by molar-refractivity contribution is 7.27. The van der Waals surface area contributed by atoms with Crippen molar-refractivity contribution in [1.82, 2.24) is 15.0 Å². The van der Waals surface area contributed by atoms with Gasteiger partial charge in [0, 0.05) is 57.0 Å². The zero-order chi connectivity index (χ0) is 41.0. The first-order valence-electron chi connectivity index (χ1n) is 20.8. The Balaban J connectivity index is 1.09. The van der Waals surface area contributed by atoms with Crippen LogP contribution in [0.15, 0.2) is 212 Å². The summed E-state index contributed by atoms with van der Waals surface area (Å²) in [7, 11) is 0. The Kier molecular flexibility index (Phi) is 8.87. The molecular weight excluding hydrogens is 791 g/mol. The summed E-state index contributed by atoms with van der Waals surface area (Å²) in [4.78, 5) is 16.0. The van der Waals surface area contributed by atoms with Gasteiger partial charge in [-0.25, -0.2) is 15.0 Å². The van der Waals surface area contributed by atoms with Crippen molar-refractivity contribution in [3.63, 3.8) is 0 Å². The van der Waals surface area contributed by atoms with Gasteiger partial charge >= 0.3 is 0 Å². The largest absolute Gasteiger partial charge is 0.208 e. The fraction of sp³-hybridized carbons (Fsp3) is 0. The second-order valence-electron chi connectivity index (χ2n) is 15.5. The van der Waals surface area contributed by atoms with E-state index in [1.165, 1.54) is 69.0 Å². The molecule has 0 amide bonds. The van der Waals surface area contributed by atoms with Crippen LogP contribution in [0.3, 0.4) is 0 Å². The summed E-state index contributed by atoms with van der Waals surface area (Å²) in [5.41, 5.74) is 12.4. The summed E-state index contributed by atoms with van der Waals surface area (Å²) in [6.45, 7) is 0. The van der Waals surface area contributed by atoms with Crippen LogP contribution in [0.5, 0.6) is 0 Å². The zero-order valence-electron chi connectivity index (χ0n) is 33.4. The monoisotopic (exact) mass is 825 g/mol. The highest BCUT2D eigenvalue weighted by atomic mass is 32.1. The van der Waals surface area contributed by atoms with E-state index in [-0.39, 0.29) is 0 Å². The minimum Gasteiger partial charge on any atom is -0.208 e. The Morgan fingerprint density at radius 1 is 0.242 bits per heavy atom. The lowest BCUT2D eigenvalue weighted by Crippen LogP contribution is -2.00. The topological polar surface area (TPSA) is 38.7 Å². The van der Waals surface area contributed by atoms with Crippen molar-refractivity contribution in [3.05, 3.63) is 212 Å². The van der Waals surface area contributed by atoms with Crippen molar-refractivity contribution in [3.8, 4) is 78.7 Å². The SMILES string of the molecule is c1ccc(-c2ccc(-c3cc(-c4nc(-c5ccccc5)nc(-c5cccc6c5sc5ccccc56)n4)c4sc5c(-c6ccc(-c7ccccc7)cc6)cccc5c4c3)cc2)cc1. The number of benzene rings is 9. The van der Waals surface area contributed by atoms with E-state index in [2.05, 4.69) is 194 Å². The van der Waals surface area contributed by atoms with Crippen LogP contribution in [-0.2, 0) is 0 Å². The molecule has 0 atom stereocenters. The van der Waals surface area contributed by atoms with Gasteiger partial charge in [0.15, 0.2) is 17.5 Å². The van der Waals surface area contributed by atoms with E-state index >= 15 is 0 Å². The van der Waals surface area contributed by atoms with Gasteiger partial charge in [-0.3, -0.25) is 0 Å². The molecule has 0 saturated heterocycles. The quantitative estimate of drug-likeness (QED) is 0.161. The fourth-order valence-electron chi connectivity index (χ4n) is 8.68. The van der Waals surface area contributed by atoms with Crippen LogP contribution >= 0.6 is 22.7 Å². The first kappa shape index (κ1) is 36.3. The number of thiophene rings is 2. The number of hydrogen-bond donors (Lipinski definition) is 0. The first-order valence-corrected chi connectivity index (χ1v) is 22.4. The van der Waals surface area contributed by atoms with Gasteiger partial charge < -0.3 is 0 Å². The van der Waals surface area contributed by atoms with Gasteiger partial charge in [-0.05, 0) is 68.8 Å². The van der Waals surface area contributed by atoms with E-state index in [9.17, 15) is 0 Å². The summed E-state index contributed by atoms with van der Waals surface area (Å²) in [5.74, 6) is 1.96. The molecule has 0 radical (unpaired) electrons. The second-order valence-corrected chi connectivity index (χ2v) is 17.6. The fourth-order valence-corrected chi connectivity index (χ4v) is 11.2. The lowest BCUT2D eigenvalue weighted by molar-refractivity contribution is 1.08. The molecule has 0 saturated carbocycles. The van der Waals surface area contributed by atoms with Crippen LogP contribution < -0.4 is 0 Å². The van der Waals surface area contributed by atoms with Crippen molar-refractivity contribution in [2.24, 2.45) is 0 Å². The maximum Gasteiger partial charge on any atom is 0.165 e. The molecule has 0 bridgehead atoms. The van der Waals surface area contributed by atoms with Gasteiger partial charge in [-0.15, -0.1) is 22.7 Å². The molecule has 0 N–H and O–H groups in total. The minimum absolute atomic E-state index is 0.648. The van der Waals surface area contributed by atoms with E-state index in [4.69, 9.17) is 15.0 Å². The highest BCUT2D eigenvalue weighted by Crippen LogP contribution is 2.46. The van der Waals surface area contributed by atoms with Crippen LogP contribution in [-0.4, -0.2) is 15.0 Å². The predicted octanol–water partition coefficient (Wildman–Crippen LogP) is 16.3. The Morgan fingerprint density at radius 2 is 0.677 bits per heavy atom. The molecule has 9 aromatic carbocycles. The van der Waals surface area contributed by atoms with Crippen molar-refractivity contribution < 1.29 is 0 Å². The lowest BCUT2D eigenvalue weighted by atomic mass is 9.96. The molecule has 62 heavy (non-hydrogen) atoms. The molecule has 3 heterocycles. The molecule has 0 aliphatic rings. The number of rotatable bonds is 7. The lowest BCUT2D eigenvalue weighted by Gasteiger charge is -2.12. The third kappa shape index (κ3) is 6.38. The van der Waals surface area contributed by atoms with Gasteiger partial charge in [0.05, 0.1) is 0 Å². The van der Waals surface area contributed by atoms with Crippen molar-refractivity contribution in [1.29, 1.82) is 0 Å². The van der Waals surface area contributed by atoms with Gasteiger partial charge in [0.25, 0.3) is 0 Å². The van der Waals surface area contributed by atoms with Gasteiger partial charge in [0.1, 0.15) is 0 Å². The van der Waals surface area contributed by atoms with Gasteiger partial charge in [-0.1, -0.05) is 188 Å². The Labute approximate surface area is 366 Å². The standard InChI is InChI=1S/C57H35N3S2/c1-4-14-36(15-5-1)38-26-28-40(29-27-38)43-34-49-47-23-12-21-44(41-32-30-39(31-33-41)37-16-6-2-7-17-37)52(47)62-54(49)50(35-43)57-59-55(42-18-8-3-9-19-42)58-56(60-57)48-24-13-22-46-45-20-10-11-25-51(45)61-53(46)48/h1-35H. The number of fused-ring (bicyclic) bond motifs is 6. The van der Waals surface area contributed by atoms with Crippen molar-refractivity contribution in [2.45, 2.75) is 0 Å². The Morgan fingerprint density at radius 3 is 1.32 bits per heavy atom. The van der Waals surface area contributed by atoms with Crippen LogP contribution in [0.4, 0.5) is 0 Å². The number of hydrogen-bond acceptors (Lipinski definition) is 5. The van der Waals surface area contributed by atoms with Crippen LogP contribution in [0.2, 0.25) is 0 Å². The predicted molar refractivity (Wildman–Crippen MR) is 264 cm³/mol. The molecule has 0 unspecified atom stereocenters. The summed E-state index contributed by atoms with van der Waals surface area (Å²) < 4.78 is 4.80. The van der Waals surface area contributed by atoms with E-state index < -0.39 is 0 Å². The van der Waals surface area contributed by atoms with E-state index in [0.717, 1.165) is 32.5 Å². The summed E-state index contributed by atoms with van der Waals surface area (Å²) >= 11 is 3.61. The molecule has 5 heteroatoms. The van der Waals surface area contributed by atoms with Gasteiger partial charge in [-0.2, -0.15) is 0 Å². The second kappa shape index (κ2) is 15.2. The summed E-state index contributed by atoms with van der Waals surface area (Å²) in [6, 6.07) is 75.7. The smallest absolute Gasteiger partial charge is 0.165 e. The third-order valence-electron chi connectivity index (χ3n) is 11.8. The molecular formula is C57H35N3S2. The van der Waals surface area contributed by atoms with Gasteiger partial charge in [0.2, 0.25) is 0 Å². The third-order valence-corrected chi connectivity index (χ3v) is 14.3. The zero-order valence-corrected chi connectivity index (χ0v) is 35.0. The van der Waals surface area contributed by atoms with Crippen LogP contribution in [0.25, 0.3) is 119 Å². The van der Waals surface area contributed by atoms with Crippen molar-refractivity contribution in [2.75, 3.05) is 0 Å². The highest BCUT2D eigenvalue weighted by Gasteiger charge is 2.21. The van der Waals surface area contributed by atoms with E-state index in [1.54, 1.807) is 11.3 Å². The van der Waals surface area contributed by atoms with Crippen LogP contribution in [0.1, 0.15) is 0 Å². The maximum absolute atomic E-state index is 5.44. The molecule has 0 fully saturated rings. The molecule has 290 valence electrons. The average Bonchev–Trinajstić information content (AvgIpc) is 3.93. The normalized spacial score (nSPS) is 11.5. The maximum atomic E-state index is 5.44. The van der Waals surface area contributed by atoms with Crippen molar-refractivity contribution >= 4 is 63.0 Å². The molecule has 0 aliphatic heterocycles. The number of aromatic nitrogens is 3. The molecule has 3 nitrogen and oxygen atoms in total. The minimum atomic E-state index is 0.648. The average molecular weight is 826 g/mol. The summed E-state index contributed by atoms with van der Waals surface area (Å²) in [5, 5.41) is 4.85. The van der Waals surface area contributed by atoms with E-state index in [1.807, 2.05) is 29.5 Å². The molecule has 0 spiro atoms. The number of nitrogens with zero attached hydrogens (tertiary/aromatic N) is 3.